The lowest BCUT2D eigenvalue weighted by Crippen LogP contribution is -2.47. The van der Waals surface area contributed by atoms with Gasteiger partial charge in [-0.1, -0.05) is 0 Å². The maximum atomic E-state index is 14.8. The van der Waals surface area contributed by atoms with Gasteiger partial charge in [0.25, 0.3) is 0 Å². The van der Waals surface area contributed by atoms with Crippen LogP contribution in [0.15, 0.2) is 11.8 Å². The minimum atomic E-state index is -1.17. The Morgan fingerprint density at radius 2 is 2.07 bits per heavy atom. The minimum absolute atomic E-state index is 0.375. The lowest BCUT2D eigenvalue weighted by Gasteiger charge is -2.37. The highest BCUT2D eigenvalue weighted by molar-refractivity contribution is 5.17. The van der Waals surface area contributed by atoms with E-state index in [9.17, 15) is 4.39 Å². The van der Waals surface area contributed by atoms with Gasteiger partial charge >= 0.3 is 0 Å². The Morgan fingerprint density at radius 3 is 2.67 bits per heavy atom. The van der Waals surface area contributed by atoms with Crippen LogP contribution < -0.4 is 5.32 Å². The molecule has 3 rings (SSSR count). The zero-order valence-electron chi connectivity index (χ0n) is 8.97. The van der Waals surface area contributed by atoms with E-state index in [1.54, 1.807) is 0 Å². The number of rotatable bonds is 1. The van der Waals surface area contributed by atoms with E-state index >= 15 is 0 Å². The summed E-state index contributed by atoms with van der Waals surface area (Å²) in [6, 6.07) is 0.750. The van der Waals surface area contributed by atoms with Crippen molar-refractivity contribution < 1.29 is 9.13 Å². The lowest BCUT2D eigenvalue weighted by molar-refractivity contribution is 0.0381. The van der Waals surface area contributed by atoms with E-state index in [2.05, 4.69) is 5.32 Å². The normalized spacial score (nSPS) is 44.7. The van der Waals surface area contributed by atoms with Crippen LogP contribution in [0.5, 0.6) is 0 Å². The molecule has 0 aromatic carbocycles. The molecule has 0 amide bonds. The maximum Gasteiger partial charge on any atom is 0.170 e. The zero-order valence-corrected chi connectivity index (χ0v) is 8.97. The van der Waals surface area contributed by atoms with Crippen molar-refractivity contribution in [2.45, 2.75) is 56.3 Å². The standard InChI is InChI=1S/C12H18FNO/c13-12(11-3-1-2-6-15-11)7-9-4-5-10(8-12)14-9/h3,9-10,14H,1-2,4-8H2. The Morgan fingerprint density at radius 1 is 1.33 bits per heavy atom. The van der Waals surface area contributed by atoms with Gasteiger partial charge in [0.05, 0.1) is 6.61 Å². The molecule has 2 bridgehead atoms. The van der Waals surface area contributed by atoms with Crippen molar-refractivity contribution in [3.8, 4) is 0 Å². The zero-order chi connectivity index (χ0) is 10.3. The Bertz CT molecular complexity index is 277. The fraction of sp³-hybridized carbons (Fsp3) is 0.833. The van der Waals surface area contributed by atoms with Gasteiger partial charge in [-0.15, -0.1) is 0 Å². The number of halogens is 1. The predicted octanol–water partition coefficient (Wildman–Crippen LogP) is 2.30. The highest BCUT2D eigenvalue weighted by Gasteiger charge is 2.47. The first-order valence-corrected chi connectivity index (χ1v) is 6.05. The number of hydrogen-bond donors (Lipinski definition) is 1. The average molecular weight is 211 g/mol. The molecule has 0 aromatic heterocycles. The van der Waals surface area contributed by atoms with Crippen LogP contribution in [0.4, 0.5) is 4.39 Å². The molecule has 15 heavy (non-hydrogen) atoms. The van der Waals surface area contributed by atoms with Crippen molar-refractivity contribution in [3.05, 3.63) is 11.8 Å². The van der Waals surface area contributed by atoms with Crippen LogP contribution in [-0.2, 0) is 4.74 Å². The maximum absolute atomic E-state index is 14.8. The van der Waals surface area contributed by atoms with Crippen molar-refractivity contribution >= 4 is 0 Å². The molecule has 3 aliphatic heterocycles. The number of allylic oxidation sites excluding steroid dienone is 2. The highest BCUT2D eigenvalue weighted by atomic mass is 19.1. The van der Waals surface area contributed by atoms with Crippen molar-refractivity contribution in [1.82, 2.24) is 5.32 Å². The first kappa shape index (κ1) is 9.64. The third-order valence-electron chi connectivity index (χ3n) is 3.85. The van der Waals surface area contributed by atoms with Gasteiger partial charge in [0.1, 0.15) is 5.76 Å². The van der Waals surface area contributed by atoms with E-state index in [1.807, 2.05) is 6.08 Å². The van der Waals surface area contributed by atoms with Gasteiger partial charge in [-0.25, -0.2) is 4.39 Å². The Kier molecular flexibility index (Phi) is 2.23. The molecule has 84 valence electrons. The predicted molar refractivity (Wildman–Crippen MR) is 56.3 cm³/mol. The number of piperidine rings is 1. The van der Waals surface area contributed by atoms with Crippen molar-refractivity contribution in [2.75, 3.05) is 6.61 Å². The molecule has 3 heteroatoms. The van der Waals surface area contributed by atoms with Gasteiger partial charge in [0, 0.05) is 24.9 Å². The van der Waals surface area contributed by atoms with Crippen LogP contribution in [0, 0.1) is 0 Å². The minimum Gasteiger partial charge on any atom is -0.495 e. The van der Waals surface area contributed by atoms with Gasteiger partial charge in [0.2, 0.25) is 0 Å². The summed E-state index contributed by atoms with van der Waals surface area (Å²) in [5.74, 6) is 0.632. The number of ether oxygens (including phenoxy) is 1. The monoisotopic (exact) mass is 211 g/mol. The molecule has 0 aromatic rings. The summed E-state index contributed by atoms with van der Waals surface area (Å²) in [7, 11) is 0. The molecule has 2 nitrogen and oxygen atoms in total. The summed E-state index contributed by atoms with van der Waals surface area (Å²) in [5.41, 5.74) is -1.17. The Hall–Kier alpha value is -0.570. The Labute approximate surface area is 89.9 Å². The van der Waals surface area contributed by atoms with Crippen molar-refractivity contribution in [2.24, 2.45) is 0 Å². The van der Waals surface area contributed by atoms with Crippen LogP contribution in [-0.4, -0.2) is 24.4 Å². The van der Waals surface area contributed by atoms with Crippen LogP contribution in [0.1, 0.15) is 38.5 Å². The van der Waals surface area contributed by atoms with E-state index in [-0.39, 0.29) is 0 Å². The summed E-state index contributed by atoms with van der Waals surface area (Å²) >= 11 is 0. The Balaban J connectivity index is 1.81. The molecule has 0 aliphatic carbocycles. The van der Waals surface area contributed by atoms with Crippen molar-refractivity contribution in [3.63, 3.8) is 0 Å². The van der Waals surface area contributed by atoms with Gasteiger partial charge in [-0.3, -0.25) is 0 Å². The number of hydrogen-bond acceptors (Lipinski definition) is 2. The molecule has 2 saturated heterocycles. The highest BCUT2D eigenvalue weighted by Crippen LogP contribution is 2.42. The first-order valence-electron chi connectivity index (χ1n) is 6.05. The van der Waals surface area contributed by atoms with Gasteiger partial charge < -0.3 is 10.1 Å². The SMILES string of the molecule is FC1(C2=CCCCO2)CC2CCC(C1)N2. The molecule has 0 saturated carbocycles. The second-order valence-corrected chi connectivity index (χ2v) is 5.07. The van der Waals surface area contributed by atoms with E-state index in [4.69, 9.17) is 4.74 Å². The largest absolute Gasteiger partial charge is 0.495 e. The molecule has 3 aliphatic rings. The summed E-state index contributed by atoms with van der Waals surface area (Å²) in [6.45, 7) is 0.695. The van der Waals surface area contributed by atoms with E-state index < -0.39 is 5.67 Å². The van der Waals surface area contributed by atoms with E-state index in [0.29, 0.717) is 37.3 Å². The summed E-state index contributed by atoms with van der Waals surface area (Å²) in [6.07, 6.45) is 7.45. The van der Waals surface area contributed by atoms with Crippen LogP contribution >= 0.6 is 0 Å². The lowest BCUT2D eigenvalue weighted by atomic mass is 9.86. The third-order valence-corrected chi connectivity index (χ3v) is 3.85. The van der Waals surface area contributed by atoms with Gasteiger partial charge in [0.15, 0.2) is 5.67 Å². The molecular weight excluding hydrogens is 193 g/mol. The van der Waals surface area contributed by atoms with Gasteiger partial charge in [-0.05, 0) is 31.8 Å². The average Bonchev–Trinajstić information content (AvgIpc) is 2.60. The number of fused-ring (bicyclic) bond motifs is 2. The molecule has 2 atom stereocenters. The van der Waals surface area contributed by atoms with Crippen molar-refractivity contribution in [1.29, 1.82) is 0 Å². The molecule has 0 spiro atoms. The van der Waals surface area contributed by atoms with Gasteiger partial charge in [-0.2, -0.15) is 0 Å². The molecule has 1 N–H and O–H groups in total. The molecular formula is C12H18FNO. The fourth-order valence-corrected chi connectivity index (χ4v) is 3.16. The van der Waals surface area contributed by atoms with Crippen LogP contribution in [0.2, 0.25) is 0 Å². The summed E-state index contributed by atoms with van der Waals surface area (Å²) in [5, 5.41) is 3.46. The first-order chi connectivity index (χ1) is 7.26. The molecule has 0 radical (unpaired) electrons. The fourth-order valence-electron chi connectivity index (χ4n) is 3.16. The second kappa shape index (κ2) is 3.48. The number of alkyl halides is 1. The second-order valence-electron chi connectivity index (χ2n) is 5.07. The molecule has 2 fully saturated rings. The quantitative estimate of drug-likeness (QED) is 0.718. The summed E-state index contributed by atoms with van der Waals surface area (Å²) < 4.78 is 20.3. The van der Waals surface area contributed by atoms with Crippen LogP contribution in [0.25, 0.3) is 0 Å². The van der Waals surface area contributed by atoms with E-state index in [1.165, 1.54) is 0 Å². The topological polar surface area (TPSA) is 21.3 Å². The molecule has 2 unspecified atom stereocenters. The van der Waals surface area contributed by atoms with E-state index in [0.717, 1.165) is 25.7 Å². The summed E-state index contributed by atoms with van der Waals surface area (Å²) in [4.78, 5) is 0. The smallest absolute Gasteiger partial charge is 0.170 e. The van der Waals surface area contributed by atoms with Crippen LogP contribution in [0.3, 0.4) is 0 Å². The number of nitrogens with one attached hydrogen (secondary N) is 1. The molecule has 3 heterocycles. The third kappa shape index (κ3) is 1.67.